The van der Waals surface area contributed by atoms with E-state index >= 15 is 0 Å². The first-order valence-corrected chi connectivity index (χ1v) is 10.3. The van der Waals surface area contributed by atoms with Crippen molar-refractivity contribution in [2.24, 2.45) is 0 Å². The van der Waals surface area contributed by atoms with Gasteiger partial charge >= 0.3 is 6.18 Å². The number of nitrogens with zero attached hydrogens (tertiary/aromatic N) is 4. The summed E-state index contributed by atoms with van der Waals surface area (Å²) in [7, 11) is 0. The molecule has 0 atom stereocenters. The van der Waals surface area contributed by atoms with E-state index < -0.39 is 11.7 Å². The van der Waals surface area contributed by atoms with Crippen LogP contribution in [0.15, 0.2) is 79.0 Å². The summed E-state index contributed by atoms with van der Waals surface area (Å²) >= 11 is 0. The van der Waals surface area contributed by atoms with Crippen LogP contribution < -0.4 is 4.90 Å². The lowest BCUT2D eigenvalue weighted by Gasteiger charge is -2.30. The predicted octanol–water partition coefficient (Wildman–Crippen LogP) is 5.79. The van der Waals surface area contributed by atoms with Crippen molar-refractivity contribution in [1.82, 2.24) is 15.0 Å². The molecule has 0 bridgehead atoms. The van der Waals surface area contributed by atoms with Crippen molar-refractivity contribution >= 4 is 5.82 Å². The highest BCUT2D eigenvalue weighted by molar-refractivity contribution is 5.67. The van der Waals surface area contributed by atoms with Crippen LogP contribution in [0.2, 0.25) is 0 Å². The van der Waals surface area contributed by atoms with E-state index in [2.05, 4.69) is 27.0 Å². The predicted molar refractivity (Wildman–Crippen MR) is 117 cm³/mol. The quantitative estimate of drug-likeness (QED) is 0.411. The molecule has 32 heavy (non-hydrogen) atoms. The Balaban J connectivity index is 1.61. The molecule has 1 aliphatic rings. The zero-order chi connectivity index (χ0) is 22.1. The fourth-order valence-corrected chi connectivity index (χ4v) is 3.90. The highest BCUT2D eigenvalue weighted by atomic mass is 19.4. The first kappa shape index (κ1) is 20.2. The van der Waals surface area contributed by atoms with Crippen molar-refractivity contribution < 1.29 is 13.2 Å². The summed E-state index contributed by atoms with van der Waals surface area (Å²) in [6.07, 6.45) is -1.91. The Kier molecular flexibility index (Phi) is 5.09. The maximum atomic E-state index is 13.3. The van der Waals surface area contributed by atoms with Gasteiger partial charge in [0.1, 0.15) is 11.5 Å². The van der Waals surface area contributed by atoms with Gasteiger partial charge in [-0.3, -0.25) is 4.98 Å². The smallest absolute Gasteiger partial charge is 0.352 e. The van der Waals surface area contributed by atoms with Crippen LogP contribution in [-0.2, 0) is 19.1 Å². The third kappa shape index (κ3) is 4.06. The van der Waals surface area contributed by atoms with Crippen molar-refractivity contribution in [3.05, 3.63) is 95.7 Å². The second-order valence-corrected chi connectivity index (χ2v) is 7.67. The molecule has 160 valence electrons. The molecule has 2 aromatic heterocycles. The number of hydrogen-bond donors (Lipinski definition) is 0. The van der Waals surface area contributed by atoms with Crippen molar-refractivity contribution in [2.45, 2.75) is 19.1 Å². The number of anilines is 1. The molecule has 7 heteroatoms. The largest absolute Gasteiger partial charge is 0.416 e. The summed E-state index contributed by atoms with van der Waals surface area (Å²) < 4.78 is 39.9. The molecule has 1 aliphatic heterocycles. The third-order valence-electron chi connectivity index (χ3n) is 5.55. The molecule has 5 rings (SSSR count). The van der Waals surface area contributed by atoms with Crippen molar-refractivity contribution in [3.8, 4) is 22.8 Å². The topological polar surface area (TPSA) is 41.9 Å². The summed E-state index contributed by atoms with van der Waals surface area (Å²) in [6.45, 7) is 1.44. The van der Waals surface area contributed by atoms with E-state index in [0.717, 1.165) is 25.1 Å². The van der Waals surface area contributed by atoms with Crippen LogP contribution in [0, 0.1) is 0 Å². The van der Waals surface area contributed by atoms with Gasteiger partial charge in [0, 0.05) is 30.9 Å². The lowest BCUT2D eigenvalue weighted by Crippen LogP contribution is -2.31. The van der Waals surface area contributed by atoms with E-state index in [1.54, 1.807) is 30.5 Å². The summed E-state index contributed by atoms with van der Waals surface area (Å²) in [4.78, 5) is 15.8. The van der Waals surface area contributed by atoms with Crippen LogP contribution in [0.4, 0.5) is 19.0 Å². The van der Waals surface area contributed by atoms with Gasteiger partial charge in [0.15, 0.2) is 5.82 Å². The van der Waals surface area contributed by atoms with Gasteiger partial charge in [0.05, 0.1) is 11.3 Å². The van der Waals surface area contributed by atoms with Gasteiger partial charge in [-0.05, 0) is 41.8 Å². The number of fused-ring (bicyclic) bond motifs is 1. The molecule has 2 aromatic carbocycles. The SMILES string of the molecule is FC(F)(F)c1cccc(-c2cc(N3CCc4ccccc4C3)nc(-c3ccccn3)n2)c1. The first-order chi connectivity index (χ1) is 15.5. The second-order valence-electron chi connectivity index (χ2n) is 7.67. The Morgan fingerprint density at radius 1 is 0.781 bits per heavy atom. The van der Waals surface area contributed by atoms with Crippen molar-refractivity contribution in [2.75, 3.05) is 11.4 Å². The number of halogens is 3. The van der Waals surface area contributed by atoms with Crippen molar-refractivity contribution in [1.29, 1.82) is 0 Å². The van der Waals surface area contributed by atoms with Gasteiger partial charge < -0.3 is 4.90 Å². The van der Waals surface area contributed by atoms with Gasteiger partial charge in [0.25, 0.3) is 0 Å². The molecule has 0 fully saturated rings. The fraction of sp³-hybridized carbons (Fsp3) is 0.160. The van der Waals surface area contributed by atoms with Crippen LogP contribution in [-0.4, -0.2) is 21.5 Å². The van der Waals surface area contributed by atoms with Crippen LogP contribution in [0.3, 0.4) is 0 Å². The molecule has 0 radical (unpaired) electrons. The minimum atomic E-state index is -4.42. The maximum absolute atomic E-state index is 13.3. The molecule has 0 spiro atoms. The van der Waals surface area contributed by atoms with Crippen molar-refractivity contribution in [3.63, 3.8) is 0 Å². The summed E-state index contributed by atoms with van der Waals surface area (Å²) in [5.74, 6) is 1.05. The number of aromatic nitrogens is 3. The Hall–Kier alpha value is -3.74. The Morgan fingerprint density at radius 2 is 1.59 bits per heavy atom. The van der Waals surface area contributed by atoms with E-state index in [1.165, 1.54) is 17.2 Å². The minimum Gasteiger partial charge on any atom is -0.352 e. The summed E-state index contributed by atoms with van der Waals surface area (Å²) in [5.41, 5.74) is 3.21. The summed E-state index contributed by atoms with van der Waals surface area (Å²) in [5, 5.41) is 0. The van der Waals surface area contributed by atoms with Gasteiger partial charge in [-0.2, -0.15) is 13.2 Å². The Morgan fingerprint density at radius 3 is 2.38 bits per heavy atom. The zero-order valence-corrected chi connectivity index (χ0v) is 17.0. The van der Waals surface area contributed by atoms with Crippen LogP contribution in [0.25, 0.3) is 22.8 Å². The molecule has 0 aliphatic carbocycles. The third-order valence-corrected chi connectivity index (χ3v) is 5.55. The lowest BCUT2D eigenvalue weighted by molar-refractivity contribution is -0.137. The Labute approximate surface area is 183 Å². The number of pyridine rings is 1. The number of benzene rings is 2. The highest BCUT2D eigenvalue weighted by Crippen LogP contribution is 2.33. The molecule has 4 aromatic rings. The highest BCUT2D eigenvalue weighted by Gasteiger charge is 2.30. The normalized spacial score (nSPS) is 13.7. The maximum Gasteiger partial charge on any atom is 0.416 e. The molecule has 0 N–H and O–H groups in total. The zero-order valence-electron chi connectivity index (χ0n) is 17.0. The fourth-order valence-electron chi connectivity index (χ4n) is 3.90. The lowest BCUT2D eigenvalue weighted by atomic mass is 10.00. The van der Waals surface area contributed by atoms with Gasteiger partial charge in [0.2, 0.25) is 0 Å². The molecule has 0 unspecified atom stereocenters. The van der Waals surface area contributed by atoms with E-state index in [9.17, 15) is 13.2 Å². The molecule has 0 saturated carbocycles. The van der Waals surface area contributed by atoms with Gasteiger partial charge in [-0.15, -0.1) is 0 Å². The number of alkyl halides is 3. The first-order valence-electron chi connectivity index (χ1n) is 10.3. The van der Waals surface area contributed by atoms with E-state index in [4.69, 9.17) is 4.98 Å². The number of hydrogen-bond acceptors (Lipinski definition) is 4. The molecular weight excluding hydrogens is 413 g/mol. The minimum absolute atomic E-state index is 0.384. The second kappa shape index (κ2) is 8.07. The average molecular weight is 432 g/mol. The molecule has 3 heterocycles. The molecule has 0 amide bonds. The van der Waals surface area contributed by atoms with Gasteiger partial charge in [-0.1, -0.05) is 42.5 Å². The van der Waals surface area contributed by atoms with Gasteiger partial charge in [-0.25, -0.2) is 9.97 Å². The summed E-state index contributed by atoms with van der Waals surface area (Å²) in [6, 6.07) is 20.7. The molecule has 0 saturated heterocycles. The Bertz CT molecular complexity index is 1260. The van der Waals surface area contributed by atoms with E-state index in [0.29, 0.717) is 35.1 Å². The van der Waals surface area contributed by atoms with Crippen LogP contribution in [0.5, 0.6) is 0 Å². The molecule has 4 nitrogen and oxygen atoms in total. The number of rotatable bonds is 3. The monoisotopic (exact) mass is 432 g/mol. The van der Waals surface area contributed by atoms with E-state index in [1.807, 2.05) is 18.2 Å². The molecular formula is C25H19F3N4. The van der Waals surface area contributed by atoms with Crippen LogP contribution >= 0.6 is 0 Å². The standard InChI is InChI=1S/C25H19F3N4/c26-25(27,28)20-9-5-8-18(14-20)22-15-23(31-24(30-22)21-10-3-4-12-29-21)32-13-11-17-6-1-2-7-19(17)16-32/h1-10,12,14-15H,11,13,16H2. The average Bonchev–Trinajstić information content (AvgIpc) is 2.83. The van der Waals surface area contributed by atoms with E-state index in [-0.39, 0.29) is 0 Å². The van der Waals surface area contributed by atoms with Crippen LogP contribution in [0.1, 0.15) is 16.7 Å².